The number of fused-ring (bicyclic) bond motifs is 1. The Morgan fingerprint density at radius 1 is 1.00 bits per heavy atom. The zero-order valence-electron chi connectivity index (χ0n) is 19.5. The van der Waals surface area contributed by atoms with Crippen molar-refractivity contribution in [3.8, 4) is 5.75 Å². The summed E-state index contributed by atoms with van der Waals surface area (Å²) >= 11 is 0. The van der Waals surface area contributed by atoms with E-state index in [1.165, 1.54) is 0 Å². The number of piperidine rings is 1. The third kappa shape index (κ3) is 4.90. The fourth-order valence-electron chi connectivity index (χ4n) is 4.32. The number of nitrogens with zero attached hydrogens (tertiary/aromatic N) is 2. The van der Waals surface area contributed by atoms with Gasteiger partial charge in [0.2, 0.25) is 0 Å². The molecular formula is C26H29N3O5. The average molecular weight is 464 g/mol. The number of ether oxygens (including phenoxy) is 2. The van der Waals surface area contributed by atoms with E-state index in [0.717, 1.165) is 0 Å². The molecule has 0 spiro atoms. The fraction of sp³-hybridized carbons (Fsp3) is 0.346. The molecule has 3 aromatic rings. The Kier molecular flexibility index (Phi) is 7.15. The molecule has 8 heteroatoms. The number of hydrogen-bond acceptors (Lipinski definition) is 5. The van der Waals surface area contributed by atoms with Crippen LogP contribution in [0.25, 0.3) is 10.8 Å². The van der Waals surface area contributed by atoms with Crippen LogP contribution in [0.5, 0.6) is 5.75 Å². The van der Waals surface area contributed by atoms with Crippen LogP contribution in [0.2, 0.25) is 0 Å². The van der Waals surface area contributed by atoms with Crippen LogP contribution in [0.1, 0.15) is 43.1 Å². The first-order valence-electron chi connectivity index (χ1n) is 11.6. The standard InChI is InChI=1S/C26H29N3O5/c1-3-33-20-8-5-7-18(17-20)24(30)27-23-10-6-9-22-21(23)13-16-29(25(22)31)19-11-14-28(15-12-19)26(32)34-4-2/h5-10,13,16-17,19H,3-4,11-12,14-15H2,1-2H3,(H,27,30). The predicted octanol–water partition coefficient (Wildman–Crippen LogP) is 4.45. The van der Waals surface area contributed by atoms with Gasteiger partial charge in [0.1, 0.15) is 5.75 Å². The predicted molar refractivity (Wildman–Crippen MR) is 131 cm³/mol. The third-order valence-electron chi connectivity index (χ3n) is 6.01. The number of hydrogen-bond donors (Lipinski definition) is 1. The van der Waals surface area contributed by atoms with Gasteiger partial charge in [0.25, 0.3) is 11.5 Å². The lowest BCUT2D eigenvalue weighted by Crippen LogP contribution is -2.41. The lowest BCUT2D eigenvalue weighted by Gasteiger charge is -2.32. The molecule has 0 radical (unpaired) electrons. The highest BCUT2D eigenvalue weighted by Gasteiger charge is 2.25. The van der Waals surface area contributed by atoms with Crippen LogP contribution >= 0.6 is 0 Å². The van der Waals surface area contributed by atoms with Crippen molar-refractivity contribution in [1.82, 2.24) is 9.47 Å². The second-order valence-corrected chi connectivity index (χ2v) is 8.13. The van der Waals surface area contributed by atoms with Crippen molar-refractivity contribution >= 4 is 28.5 Å². The Bertz CT molecular complexity index is 1240. The molecular weight excluding hydrogens is 434 g/mol. The number of nitrogens with one attached hydrogen (secondary N) is 1. The summed E-state index contributed by atoms with van der Waals surface area (Å²) in [6.07, 6.45) is 2.83. The van der Waals surface area contributed by atoms with E-state index >= 15 is 0 Å². The molecule has 2 amide bonds. The number of anilines is 1. The largest absolute Gasteiger partial charge is 0.494 e. The Morgan fingerprint density at radius 2 is 1.76 bits per heavy atom. The maximum atomic E-state index is 13.3. The Labute approximate surface area is 198 Å². The van der Waals surface area contributed by atoms with Gasteiger partial charge < -0.3 is 24.3 Å². The van der Waals surface area contributed by atoms with Crippen molar-refractivity contribution in [2.75, 3.05) is 31.6 Å². The zero-order valence-corrected chi connectivity index (χ0v) is 19.5. The second kappa shape index (κ2) is 10.4. The summed E-state index contributed by atoms with van der Waals surface area (Å²) in [5, 5.41) is 4.15. The number of amides is 2. The van der Waals surface area contributed by atoms with Crippen LogP contribution < -0.4 is 15.6 Å². The molecule has 0 aliphatic carbocycles. The summed E-state index contributed by atoms with van der Waals surface area (Å²) in [6, 6.07) is 14.2. The fourth-order valence-corrected chi connectivity index (χ4v) is 4.32. The van der Waals surface area contributed by atoms with Crippen LogP contribution in [0.3, 0.4) is 0 Å². The van der Waals surface area contributed by atoms with Gasteiger partial charge in [0, 0.05) is 47.4 Å². The van der Waals surface area contributed by atoms with Crippen LogP contribution in [0.15, 0.2) is 59.5 Å². The van der Waals surface area contributed by atoms with Gasteiger partial charge in [-0.15, -0.1) is 0 Å². The maximum absolute atomic E-state index is 13.3. The summed E-state index contributed by atoms with van der Waals surface area (Å²) in [7, 11) is 0. The van der Waals surface area contributed by atoms with Gasteiger partial charge in [-0.1, -0.05) is 12.1 Å². The van der Waals surface area contributed by atoms with Gasteiger partial charge in [-0.3, -0.25) is 9.59 Å². The minimum Gasteiger partial charge on any atom is -0.494 e. The Hall–Kier alpha value is -3.81. The number of rotatable bonds is 6. The molecule has 2 heterocycles. The SMILES string of the molecule is CCOC(=O)N1CCC(n2ccc3c(NC(=O)c4cccc(OCC)c4)cccc3c2=O)CC1. The molecule has 2 aromatic carbocycles. The lowest BCUT2D eigenvalue weighted by molar-refractivity contribution is 0.0923. The Balaban J connectivity index is 1.54. The number of likely N-dealkylation sites (tertiary alicyclic amines) is 1. The van der Waals surface area contributed by atoms with Crippen LogP contribution in [-0.2, 0) is 4.74 Å². The molecule has 0 unspecified atom stereocenters. The maximum Gasteiger partial charge on any atom is 0.409 e. The number of carbonyl (C=O) groups excluding carboxylic acids is 2. The highest BCUT2D eigenvalue weighted by atomic mass is 16.6. The molecule has 1 N–H and O–H groups in total. The number of pyridine rings is 1. The smallest absolute Gasteiger partial charge is 0.409 e. The summed E-state index contributed by atoms with van der Waals surface area (Å²) < 4.78 is 12.3. The first-order chi connectivity index (χ1) is 16.5. The first kappa shape index (κ1) is 23.4. The van der Waals surface area contributed by atoms with E-state index in [9.17, 15) is 14.4 Å². The van der Waals surface area contributed by atoms with E-state index in [0.29, 0.717) is 66.9 Å². The molecule has 1 saturated heterocycles. The van der Waals surface area contributed by atoms with Gasteiger partial charge >= 0.3 is 6.09 Å². The van der Waals surface area contributed by atoms with Crippen molar-refractivity contribution in [3.63, 3.8) is 0 Å². The van der Waals surface area contributed by atoms with Crippen LogP contribution in [0, 0.1) is 0 Å². The van der Waals surface area contributed by atoms with E-state index in [2.05, 4.69) is 5.32 Å². The molecule has 1 aromatic heterocycles. The molecule has 1 aliphatic heterocycles. The minimum atomic E-state index is -0.306. The molecule has 34 heavy (non-hydrogen) atoms. The topological polar surface area (TPSA) is 89.9 Å². The van der Waals surface area contributed by atoms with Crippen LogP contribution in [-0.4, -0.2) is 47.8 Å². The number of aromatic nitrogens is 1. The van der Waals surface area contributed by atoms with E-state index < -0.39 is 0 Å². The summed E-state index contributed by atoms with van der Waals surface area (Å²) in [6.45, 7) is 5.63. The van der Waals surface area contributed by atoms with Crippen molar-refractivity contribution in [3.05, 3.63) is 70.6 Å². The quantitative estimate of drug-likeness (QED) is 0.584. The molecule has 8 nitrogen and oxygen atoms in total. The van der Waals surface area contributed by atoms with E-state index in [1.54, 1.807) is 65.1 Å². The summed E-state index contributed by atoms with van der Waals surface area (Å²) in [5.41, 5.74) is 0.942. The normalized spacial score (nSPS) is 14.1. The second-order valence-electron chi connectivity index (χ2n) is 8.13. The minimum absolute atomic E-state index is 0.00197. The van der Waals surface area contributed by atoms with Gasteiger partial charge in [0.15, 0.2) is 0 Å². The summed E-state index contributed by atoms with van der Waals surface area (Å²) in [5.74, 6) is 0.356. The third-order valence-corrected chi connectivity index (χ3v) is 6.01. The van der Waals surface area contributed by atoms with E-state index in [1.807, 2.05) is 13.0 Å². The monoisotopic (exact) mass is 463 g/mol. The highest BCUT2D eigenvalue weighted by molar-refractivity contribution is 6.09. The first-order valence-corrected chi connectivity index (χ1v) is 11.6. The molecule has 4 rings (SSSR count). The van der Waals surface area contributed by atoms with Crippen LogP contribution in [0.4, 0.5) is 10.5 Å². The number of benzene rings is 2. The van der Waals surface area contributed by atoms with E-state index in [-0.39, 0.29) is 23.6 Å². The van der Waals surface area contributed by atoms with Gasteiger partial charge in [-0.2, -0.15) is 0 Å². The van der Waals surface area contributed by atoms with E-state index in [4.69, 9.17) is 9.47 Å². The number of carbonyl (C=O) groups is 2. The molecule has 0 atom stereocenters. The van der Waals surface area contributed by atoms with Crippen molar-refractivity contribution < 1.29 is 19.1 Å². The summed E-state index contributed by atoms with van der Waals surface area (Å²) in [4.78, 5) is 39.8. The Morgan fingerprint density at radius 3 is 2.50 bits per heavy atom. The average Bonchev–Trinajstić information content (AvgIpc) is 2.85. The molecule has 0 bridgehead atoms. The van der Waals surface area contributed by atoms with Crippen molar-refractivity contribution in [2.24, 2.45) is 0 Å². The van der Waals surface area contributed by atoms with Gasteiger partial charge in [-0.05, 0) is 63.1 Å². The highest BCUT2D eigenvalue weighted by Crippen LogP contribution is 2.26. The van der Waals surface area contributed by atoms with Crippen molar-refractivity contribution in [1.29, 1.82) is 0 Å². The van der Waals surface area contributed by atoms with Crippen molar-refractivity contribution in [2.45, 2.75) is 32.7 Å². The molecule has 1 fully saturated rings. The zero-order chi connectivity index (χ0) is 24.1. The lowest BCUT2D eigenvalue weighted by atomic mass is 10.0. The molecule has 0 saturated carbocycles. The van der Waals surface area contributed by atoms with Gasteiger partial charge in [0.05, 0.1) is 13.2 Å². The van der Waals surface area contributed by atoms with Gasteiger partial charge in [-0.25, -0.2) is 4.79 Å². The molecule has 178 valence electrons. The molecule has 1 aliphatic rings.